The number of rotatable bonds is 4. The van der Waals surface area contributed by atoms with E-state index >= 15 is 0 Å². The van der Waals surface area contributed by atoms with Crippen molar-refractivity contribution in [3.63, 3.8) is 0 Å². The van der Waals surface area contributed by atoms with E-state index in [-0.39, 0.29) is 6.04 Å². The quantitative estimate of drug-likeness (QED) is 0.890. The van der Waals surface area contributed by atoms with E-state index in [2.05, 4.69) is 10.3 Å². The Hall–Kier alpha value is -1.58. The minimum atomic E-state index is 0.110. The van der Waals surface area contributed by atoms with Gasteiger partial charge < -0.3 is 11.1 Å². The van der Waals surface area contributed by atoms with Gasteiger partial charge in [0.25, 0.3) is 0 Å². The molecule has 1 heterocycles. The summed E-state index contributed by atoms with van der Waals surface area (Å²) >= 11 is 6.18. The Bertz CT molecular complexity index is 528. The first kappa shape index (κ1) is 12.9. The van der Waals surface area contributed by atoms with Gasteiger partial charge in [0.05, 0.1) is 0 Å². The molecule has 0 saturated carbocycles. The highest BCUT2D eigenvalue weighted by Crippen LogP contribution is 2.25. The molecule has 3 N–H and O–H groups in total. The molecule has 18 heavy (non-hydrogen) atoms. The zero-order valence-corrected chi connectivity index (χ0v) is 11.0. The van der Waals surface area contributed by atoms with Crippen LogP contribution in [0, 0.1) is 0 Å². The Labute approximate surface area is 112 Å². The molecular formula is C14H16ClN3. The van der Waals surface area contributed by atoms with Gasteiger partial charge in [-0.25, -0.2) is 0 Å². The Morgan fingerprint density at radius 2 is 2.11 bits per heavy atom. The molecule has 0 spiro atoms. The van der Waals surface area contributed by atoms with Crippen molar-refractivity contribution < 1.29 is 0 Å². The van der Waals surface area contributed by atoms with Crippen LogP contribution >= 0.6 is 11.6 Å². The van der Waals surface area contributed by atoms with Crippen LogP contribution < -0.4 is 11.1 Å². The average molecular weight is 262 g/mol. The van der Waals surface area contributed by atoms with Gasteiger partial charge in [0.15, 0.2) is 0 Å². The fraction of sp³-hybridized carbons (Fsp3) is 0.214. The number of benzene rings is 1. The molecule has 3 nitrogen and oxygen atoms in total. The smallest absolute Gasteiger partial charge is 0.0438 e. The molecule has 94 valence electrons. The van der Waals surface area contributed by atoms with Crippen LogP contribution in [-0.2, 0) is 6.42 Å². The molecule has 0 aliphatic carbocycles. The maximum Gasteiger partial charge on any atom is 0.0438 e. The van der Waals surface area contributed by atoms with Crippen LogP contribution in [-0.4, -0.2) is 12.0 Å². The lowest BCUT2D eigenvalue weighted by atomic mass is 9.99. The molecule has 0 aliphatic heterocycles. The lowest BCUT2D eigenvalue weighted by molar-refractivity contribution is 0.592. The molecule has 2 aromatic rings. The number of pyridine rings is 1. The standard InChI is InChI=1S/C14H16ClN3/c1-17-14(11-9-18-7-6-13(11)16)8-10-4-2-3-5-12(10)15/h2-7,9,14,17H,8H2,1H3,(H2,16,18). The second kappa shape index (κ2) is 5.85. The monoisotopic (exact) mass is 261 g/mol. The number of anilines is 1. The lowest BCUT2D eigenvalue weighted by Gasteiger charge is -2.18. The maximum atomic E-state index is 6.18. The Morgan fingerprint density at radius 3 is 2.78 bits per heavy atom. The van der Waals surface area contributed by atoms with E-state index in [0.717, 1.165) is 28.3 Å². The molecule has 0 saturated heterocycles. The molecule has 0 amide bonds. The molecule has 1 atom stereocenters. The van der Waals surface area contributed by atoms with Gasteiger partial charge in [0, 0.05) is 34.7 Å². The second-order valence-corrected chi connectivity index (χ2v) is 4.55. The fourth-order valence-corrected chi connectivity index (χ4v) is 2.17. The number of nitrogens with two attached hydrogens (primary N) is 1. The van der Waals surface area contributed by atoms with Crippen molar-refractivity contribution >= 4 is 17.3 Å². The highest BCUT2D eigenvalue weighted by Gasteiger charge is 2.14. The van der Waals surface area contributed by atoms with Crippen molar-refractivity contribution in [2.45, 2.75) is 12.5 Å². The van der Waals surface area contributed by atoms with Crippen LogP contribution in [0.1, 0.15) is 17.2 Å². The SMILES string of the molecule is CNC(Cc1ccccc1Cl)c1cnccc1N. The lowest BCUT2D eigenvalue weighted by Crippen LogP contribution is -2.20. The number of nitrogen functional groups attached to an aromatic ring is 1. The Morgan fingerprint density at radius 1 is 1.33 bits per heavy atom. The molecule has 0 fully saturated rings. The topological polar surface area (TPSA) is 50.9 Å². The highest BCUT2D eigenvalue weighted by molar-refractivity contribution is 6.31. The van der Waals surface area contributed by atoms with Crippen molar-refractivity contribution in [1.82, 2.24) is 10.3 Å². The third kappa shape index (κ3) is 2.81. The number of nitrogens with zero attached hydrogens (tertiary/aromatic N) is 1. The number of aromatic nitrogens is 1. The summed E-state index contributed by atoms with van der Waals surface area (Å²) in [5.41, 5.74) is 8.82. The van der Waals surface area contributed by atoms with Crippen LogP contribution in [0.25, 0.3) is 0 Å². The molecule has 0 bridgehead atoms. The van der Waals surface area contributed by atoms with Gasteiger partial charge in [-0.2, -0.15) is 0 Å². The van der Waals surface area contributed by atoms with E-state index in [4.69, 9.17) is 17.3 Å². The first-order valence-electron chi connectivity index (χ1n) is 5.82. The summed E-state index contributed by atoms with van der Waals surface area (Å²) in [6.45, 7) is 0. The van der Waals surface area contributed by atoms with E-state index in [9.17, 15) is 0 Å². The zero-order valence-electron chi connectivity index (χ0n) is 10.2. The third-order valence-electron chi connectivity index (χ3n) is 2.99. The molecular weight excluding hydrogens is 246 g/mol. The fourth-order valence-electron chi connectivity index (χ4n) is 1.96. The van der Waals surface area contributed by atoms with E-state index in [0.29, 0.717) is 0 Å². The highest BCUT2D eigenvalue weighted by atomic mass is 35.5. The Kier molecular flexibility index (Phi) is 4.18. The third-order valence-corrected chi connectivity index (χ3v) is 3.36. The van der Waals surface area contributed by atoms with Gasteiger partial charge in [0.1, 0.15) is 0 Å². The van der Waals surface area contributed by atoms with E-state index < -0.39 is 0 Å². The summed E-state index contributed by atoms with van der Waals surface area (Å²) < 4.78 is 0. The zero-order chi connectivity index (χ0) is 13.0. The van der Waals surface area contributed by atoms with Crippen molar-refractivity contribution in [3.05, 3.63) is 58.9 Å². The summed E-state index contributed by atoms with van der Waals surface area (Å²) in [7, 11) is 1.91. The number of nitrogens with one attached hydrogen (secondary N) is 1. The van der Waals surface area contributed by atoms with Crippen molar-refractivity contribution in [2.24, 2.45) is 0 Å². The number of halogens is 1. The number of likely N-dealkylation sites (N-methyl/N-ethyl adjacent to an activating group) is 1. The molecule has 0 radical (unpaired) electrons. The second-order valence-electron chi connectivity index (χ2n) is 4.14. The van der Waals surface area contributed by atoms with Crippen LogP contribution in [0.4, 0.5) is 5.69 Å². The van der Waals surface area contributed by atoms with E-state index in [1.54, 1.807) is 12.4 Å². The van der Waals surface area contributed by atoms with Crippen molar-refractivity contribution in [2.75, 3.05) is 12.8 Å². The largest absolute Gasteiger partial charge is 0.398 e. The molecule has 2 rings (SSSR count). The summed E-state index contributed by atoms with van der Waals surface area (Å²) in [6.07, 6.45) is 4.28. The molecule has 1 aromatic heterocycles. The van der Waals surface area contributed by atoms with E-state index in [1.165, 1.54) is 0 Å². The van der Waals surface area contributed by atoms with Crippen LogP contribution in [0.15, 0.2) is 42.7 Å². The molecule has 1 aromatic carbocycles. The van der Waals surface area contributed by atoms with Crippen molar-refractivity contribution in [1.29, 1.82) is 0 Å². The maximum absolute atomic E-state index is 6.18. The summed E-state index contributed by atoms with van der Waals surface area (Å²) in [6, 6.07) is 9.76. The van der Waals surface area contributed by atoms with Gasteiger partial charge in [-0.1, -0.05) is 29.8 Å². The summed E-state index contributed by atoms with van der Waals surface area (Å²) in [4.78, 5) is 4.13. The molecule has 0 aliphatic rings. The minimum Gasteiger partial charge on any atom is -0.398 e. The van der Waals surface area contributed by atoms with Crippen LogP contribution in [0.2, 0.25) is 5.02 Å². The Balaban J connectivity index is 2.26. The first-order valence-corrected chi connectivity index (χ1v) is 6.20. The number of hydrogen-bond donors (Lipinski definition) is 2. The average Bonchev–Trinajstić information content (AvgIpc) is 2.39. The summed E-state index contributed by atoms with van der Waals surface area (Å²) in [5, 5.41) is 4.03. The van der Waals surface area contributed by atoms with Gasteiger partial charge >= 0.3 is 0 Å². The first-order chi connectivity index (χ1) is 8.72. The van der Waals surface area contributed by atoms with Crippen molar-refractivity contribution in [3.8, 4) is 0 Å². The predicted molar refractivity (Wildman–Crippen MR) is 75.6 cm³/mol. The summed E-state index contributed by atoms with van der Waals surface area (Å²) in [5.74, 6) is 0. The molecule has 4 heteroatoms. The van der Waals surface area contributed by atoms with Gasteiger partial charge in [-0.3, -0.25) is 4.98 Å². The minimum absolute atomic E-state index is 0.110. The number of hydrogen-bond acceptors (Lipinski definition) is 3. The normalized spacial score (nSPS) is 12.3. The molecule has 1 unspecified atom stereocenters. The van der Waals surface area contributed by atoms with Gasteiger partial charge in [0.2, 0.25) is 0 Å². The van der Waals surface area contributed by atoms with E-state index in [1.807, 2.05) is 37.4 Å². The van der Waals surface area contributed by atoms with Crippen LogP contribution in [0.5, 0.6) is 0 Å². The van der Waals surface area contributed by atoms with Gasteiger partial charge in [-0.15, -0.1) is 0 Å². The van der Waals surface area contributed by atoms with Crippen LogP contribution in [0.3, 0.4) is 0 Å². The predicted octanol–water partition coefficient (Wildman–Crippen LogP) is 2.82. The van der Waals surface area contributed by atoms with Gasteiger partial charge in [-0.05, 0) is 31.2 Å².